The number of carbonyl (C=O) groups excluding carboxylic acids is 1. The van der Waals surface area contributed by atoms with Crippen LogP contribution >= 0.6 is 11.6 Å². The summed E-state index contributed by atoms with van der Waals surface area (Å²) < 4.78 is 38.8. The number of carbonyl (C=O) groups is 1. The van der Waals surface area contributed by atoms with Gasteiger partial charge >= 0.3 is 0 Å². The van der Waals surface area contributed by atoms with Gasteiger partial charge in [0.05, 0.1) is 4.90 Å². The van der Waals surface area contributed by atoms with Gasteiger partial charge in [-0.25, -0.2) is 8.42 Å². The molecule has 2 heterocycles. The number of aryl methyl sites for hydroxylation is 2. The van der Waals surface area contributed by atoms with E-state index in [1.54, 1.807) is 12.1 Å². The van der Waals surface area contributed by atoms with E-state index in [0.29, 0.717) is 11.4 Å². The van der Waals surface area contributed by atoms with E-state index in [4.69, 9.17) is 20.8 Å². The molecule has 0 radical (unpaired) electrons. The van der Waals surface area contributed by atoms with Crippen molar-refractivity contribution in [2.45, 2.75) is 30.8 Å². The van der Waals surface area contributed by atoms with Crippen LogP contribution < -0.4 is 14.8 Å². The topological polar surface area (TPSA) is 123 Å². The third-order valence-electron chi connectivity index (χ3n) is 5.63. The number of furan rings is 1. The first-order chi connectivity index (χ1) is 17.4. The maximum Gasteiger partial charge on any atom is 0.291 e. The van der Waals surface area contributed by atoms with Gasteiger partial charge in [0.15, 0.2) is 16.7 Å². The van der Waals surface area contributed by atoms with Crippen molar-refractivity contribution in [3.63, 3.8) is 0 Å². The van der Waals surface area contributed by atoms with Gasteiger partial charge in [0.1, 0.15) is 18.1 Å². The molecule has 0 aliphatic heterocycles. The van der Waals surface area contributed by atoms with Crippen LogP contribution in [0.15, 0.2) is 76.0 Å². The van der Waals surface area contributed by atoms with Gasteiger partial charge in [0.25, 0.3) is 15.9 Å². The van der Waals surface area contributed by atoms with Crippen LogP contribution in [0.2, 0.25) is 5.15 Å². The number of nitrogens with zero attached hydrogens (tertiary/aromatic N) is 2. The number of ether oxygens (including phenoxy) is 1. The largest absolute Gasteiger partial charge is 0.486 e. The van der Waals surface area contributed by atoms with Crippen molar-refractivity contribution < 1.29 is 22.4 Å². The molecule has 0 spiro atoms. The minimum atomic E-state index is -3.89. The molecule has 11 heteroatoms. The highest BCUT2D eigenvalue weighted by molar-refractivity contribution is 7.92. The van der Waals surface area contributed by atoms with Crippen LogP contribution in [0.5, 0.6) is 5.75 Å². The van der Waals surface area contributed by atoms with Crippen molar-refractivity contribution in [3.05, 3.63) is 94.5 Å². The predicted molar refractivity (Wildman–Crippen MR) is 134 cm³/mol. The van der Waals surface area contributed by atoms with Gasteiger partial charge in [-0.1, -0.05) is 17.7 Å². The number of nitrogens with one attached hydrogen (secondary N) is 2. The Morgan fingerprint density at radius 3 is 2.56 bits per heavy atom. The normalized spacial score (nSPS) is 12.7. The summed E-state index contributed by atoms with van der Waals surface area (Å²) >= 11 is 5.66. The summed E-state index contributed by atoms with van der Waals surface area (Å²) in [6.45, 7) is 0.198. The first kappa shape index (κ1) is 23.8. The maximum atomic E-state index is 12.6. The Balaban J connectivity index is 1.17. The number of anilines is 2. The van der Waals surface area contributed by atoms with Crippen LogP contribution in [0.4, 0.5) is 11.5 Å². The van der Waals surface area contributed by atoms with Gasteiger partial charge in [-0.3, -0.25) is 9.52 Å². The fraction of sp³-hybridized carbons (Fsp3) is 0.160. The van der Waals surface area contributed by atoms with Crippen molar-refractivity contribution >= 4 is 39.0 Å². The molecule has 1 aliphatic rings. The summed E-state index contributed by atoms with van der Waals surface area (Å²) in [5, 5.41) is 10.1. The second-order valence-corrected chi connectivity index (χ2v) is 10.2. The Bertz CT molecular complexity index is 1500. The molecule has 9 nitrogen and oxygen atoms in total. The molecule has 184 valence electrons. The molecular formula is C25H21ClN4O5S. The third kappa shape index (κ3) is 5.50. The van der Waals surface area contributed by atoms with Gasteiger partial charge in [0.2, 0.25) is 0 Å². The van der Waals surface area contributed by atoms with Crippen molar-refractivity contribution in [2.24, 2.45) is 0 Å². The number of hydrogen-bond acceptors (Lipinski definition) is 7. The van der Waals surface area contributed by atoms with E-state index in [2.05, 4.69) is 32.4 Å². The van der Waals surface area contributed by atoms with Crippen LogP contribution in [-0.2, 0) is 29.5 Å². The monoisotopic (exact) mass is 524 g/mol. The molecule has 0 atom stereocenters. The molecule has 0 unspecified atom stereocenters. The van der Waals surface area contributed by atoms with E-state index in [0.717, 1.165) is 18.6 Å². The number of fused-ring (bicyclic) bond motifs is 1. The second kappa shape index (κ2) is 10.00. The first-order valence-corrected chi connectivity index (χ1v) is 13.0. The fourth-order valence-corrected chi connectivity index (χ4v) is 4.94. The van der Waals surface area contributed by atoms with E-state index in [1.807, 2.05) is 6.07 Å². The molecular weight excluding hydrogens is 504 g/mol. The van der Waals surface area contributed by atoms with Crippen molar-refractivity contribution in [3.8, 4) is 5.75 Å². The van der Waals surface area contributed by atoms with Gasteiger partial charge in [-0.05, 0) is 91.1 Å². The molecule has 0 bridgehead atoms. The highest BCUT2D eigenvalue weighted by atomic mass is 35.5. The SMILES string of the molecule is O=C(Nc1ccc(S(=O)(=O)Nc2ccc(Cl)nn2)cc1)c1ccc(COc2ccc3c(c2)CCC3)o1. The third-order valence-corrected chi connectivity index (χ3v) is 7.20. The Morgan fingerprint density at radius 1 is 0.972 bits per heavy atom. The smallest absolute Gasteiger partial charge is 0.291 e. The Hall–Kier alpha value is -3.89. The van der Waals surface area contributed by atoms with Crippen LogP contribution in [0.25, 0.3) is 0 Å². The van der Waals surface area contributed by atoms with Gasteiger partial charge < -0.3 is 14.5 Å². The number of sulfonamides is 1. The fourth-order valence-electron chi connectivity index (χ4n) is 3.85. The maximum absolute atomic E-state index is 12.6. The molecule has 1 aliphatic carbocycles. The van der Waals surface area contributed by atoms with Crippen molar-refractivity contribution in [1.29, 1.82) is 0 Å². The quantitative estimate of drug-likeness (QED) is 0.338. The van der Waals surface area contributed by atoms with Crippen LogP contribution in [0.1, 0.15) is 33.9 Å². The zero-order valence-corrected chi connectivity index (χ0v) is 20.5. The molecule has 36 heavy (non-hydrogen) atoms. The molecule has 0 fully saturated rings. The molecule has 0 saturated carbocycles. The first-order valence-electron chi connectivity index (χ1n) is 11.1. The molecule has 0 saturated heterocycles. The minimum absolute atomic E-state index is 0.0127. The highest BCUT2D eigenvalue weighted by Crippen LogP contribution is 2.26. The molecule has 5 rings (SSSR count). The second-order valence-electron chi connectivity index (χ2n) is 8.16. The summed E-state index contributed by atoms with van der Waals surface area (Å²) in [4.78, 5) is 12.6. The Kier molecular flexibility index (Phi) is 6.62. The number of rotatable bonds is 8. The van der Waals surface area contributed by atoms with Gasteiger partial charge in [-0.15, -0.1) is 10.2 Å². The van der Waals surface area contributed by atoms with Crippen molar-refractivity contribution in [1.82, 2.24) is 10.2 Å². The minimum Gasteiger partial charge on any atom is -0.486 e. The molecule has 4 aromatic rings. The summed E-state index contributed by atoms with van der Waals surface area (Å²) in [6, 6.07) is 17.8. The summed E-state index contributed by atoms with van der Waals surface area (Å²) in [6.07, 6.45) is 3.35. The molecule has 2 aromatic carbocycles. The van der Waals surface area contributed by atoms with E-state index in [-0.39, 0.29) is 28.2 Å². The molecule has 2 aromatic heterocycles. The number of aromatic nitrogens is 2. The van der Waals surface area contributed by atoms with Gasteiger partial charge in [0, 0.05) is 5.69 Å². The average Bonchev–Trinajstić information content (AvgIpc) is 3.54. The summed E-state index contributed by atoms with van der Waals surface area (Å²) in [5.41, 5.74) is 3.09. The number of halogens is 1. The van der Waals surface area contributed by atoms with Crippen molar-refractivity contribution in [2.75, 3.05) is 10.0 Å². The standard InChI is InChI=1S/C25H21ClN4O5S/c26-23-12-13-24(29-28-23)30-36(32,33)21-9-5-18(6-10-21)27-25(31)22-11-8-20(35-22)15-34-19-7-4-16-2-1-3-17(16)14-19/h4-14H,1-3,15H2,(H,27,31)(H,29,30). The number of benzene rings is 2. The lowest BCUT2D eigenvalue weighted by Crippen LogP contribution is -2.15. The number of amides is 1. The van der Waals surface area contributed by atoms with Gasteiger partial charge in [-0.2, -0.15) is 0 Å². The molecule has 2 N–H and O–H groups in total. The Morgan fingerprint density at radius 2 is 1.78 bits per heavy atom. The lowest BCUT2D eigenvalue weighted by Gasteiger charge is -2.08. The number of hydrogen-bond donors (Lipinski definition) is 2. The lowest BCUT2D eigenvalue weighted by molar-refractivity contribution is 0.0992. The van der Waals surface area contributed by atoms with E-state index < -0.39 is 15.9 Å². The zero-order chi connectivity index (χ0) is 25.1. The lowest BCUT2D eigenvalue weighted by atomic mass is 10.1. The predicted octanol–water partition coefficient (Wildman–Crippen LogP) is 4.84. The average molecular weight is 525 g/mol. The Labute approximate surface area is 212 Å². The van der Waals surface area contributed by atoms with E-state index in [1.165, 1.54) is 53.9 Å². The van der Waals surface area contributed by atoms with Crippen LogP contribution in [0.3, 0.4) is 0 Å². The van der Waals surface area contributed by atoms with E-state index in [9.17, 15) is 13.2 Å². The van der Waals surface area contributed by atoms with E-state index >= 15 is 0 Å². The summed E-state index contributed by atoms with van der Waals surface area (Å²) in [5.74, 6) is 0.959. The zero-order valence-electron chi connectivity index (χ0n) is 18.9. The van der Waals surface area contributed by atoms with Crippen LogP contribution in [-0.4, -0.2) is 24.5 Å². The molecule has 1 amide bonds. The van der Waals surface area contributed by atoms with Crippen LogP contribution in [0, 0.1) is 0 Å². The summed E-state index contributed by atoms with van der Waals surface area (Å²) in [7, 11) is -3.89. The highest BCUT2D eigenvalue weighted by Gasteiger charge is 2.17.